The van der Waals surface area contributed by atoms with Gasteiger partial charge in [0, 0.05) is 23.3 Å². The van der Waals surface area contributed by atoms with E-state index in [-0.39, 0.29) is 18.1 Å². The summed E-state index contributed by atoms with van der Waals surface area (Å²) in [5, 5.41) is 0. The molecule has 0 aliphatic carbocycles. The lowest BCUT2D eigenvalue weighted by atomic mass is 9.76. The van der Waals surface area contributed by atoms with Gasteiger partial charge in [0.2, 0.25) is 0 Å². The third kappa shape index (κ3) is 6.31. The predicted molar refractivity (Wildman–Crippen MR) is 129 cm³/mol. The van der Waals surface area contributed by atoms with Gasteiger partial charge in [-0.1, -0.05) is 19.9 Å². The van der Waals surface area contributed by atoms with E-state index in [1.54, 1.807) is 12.1 Å². The van der Waals surface area contributed by atoms with Gasteiger partial charge >= 0.3 is 12.4 Å². The van der Waals surface area contributed by atoms with Crippen LogP contribution in [0.5, 0.6) is 5.75 Å². The number of methoxy groups -OCH3 is 1. The molecule has 0 amide bonds. The zero-order valence-corrected chi connectivity index (χ0v) is 21.2. The van der Waals surface area contributed by atoms with Crippen molar-refractivity contribution >= 4 is 5.69 Å². The fraction of sp³-hybridized carbons (Fsp3) is 0.462. The van der Waals surface area contributed by atoms with E-state index in [0.717, 1.165) is 29.1 Å². The van der Waals surface area contributed by atoms with Gasteiger partial charge in [0.1, 0.15) is 5.75 Å². The molecule has 3 rings (SSSR count). The molecule has 196 valence electrons. The van der Waals surface area contributed by atoms with Crippen molar-refractivity contribution in [2.75, 3.05) is 25.6 Å². The summed E-state index contributed by atoms with van der Waals surface area (Å²) >= 11 is 0. The van der Waals surface area contributed by atoms with Crippen molar-refractivity contribution in [3.05, 3.63) is 70.4 Å². The standard InChI is InChI=1S/C23H23F6NO.C2H6.CH5N/c1-5-20-21(3,18-12-17(31-4)7-8-19(18)30(20)6-2)13-14-9-15(22(24,25)26)11-16(10-14)23(27,28)29;2*1-2/h5,7-12H,6,13H2,1-4H3;1-2H3;2H2,1H3/b20-5-;;. The molecule has 2 N–H and O–H groups in total. The summed E-state index contributed by atoms with van der Waals surface area (Å²) in [7, 11) is 3.00. The zero-order valence-electron chi connectivity index (χ0n) is 21.2. The number of alkyl halides is 6. The first-order chi connectivity index (χ1) is 16.3. The fourth-order valence-corrected chi connectivity index (χ4v) is 4.42. The Morgan fingerprint density at radius 3 is 1.86 bits per heavy atom. The number of halogens is 6. The summed E-state index contributed by atoms with van der Waals surface area (Å²) < 4.78 is 85.3. The van der Waals surface area contributed by atoms with Gasteiger partial charge in [-0.3, -0.25) is 0 Å². The highest BCUT2D eigenvalue weighted by Crippen LogP contribution is 2.51. The molecular formula is C26H34F6N2O. The number of hydrogen-bond donors (Lipinski definition) is 1. The maximum Gasteiger partial charge on any atom is 0.416 e. The van der Waals surface area contributed by atoms with Gasteiger partial charge in [-0.2, -0.15) is 26.3 Å². The van der Waals surface area contributed by atoms with Gasteiger partial charge in [0.15, 0.2) is 0 Å². The number of fused-ring (bicyclic) bond motifs is 1. The molecule has 0 saturated heterocycles. The second-order valence-corrected chi connectivity index (χ2v) is 7.72. The topological polar surface area (TPSA) is 38.5 Å². The minimum atomic E-state index is -4.88. The van der Waals surface area contributed by atoms with Crippen LogP contribution in [0.3, 0.4) is 0 Å². The van der Waals surface area contributed by atoms with Gasteiger partial charge in [-0.05, 0) is 81.8 Å². The highest BCUT2D eigenvalue weighted by molar-refractivity contribution is 5.72. The smallest absolute Gasteiger partial charge is 0.416 e. The average Bonchev–Trinajstić information content (AvgIpc) is 3.06. The van der Waals surface area contributed by atoms with Crippen LogP contribution >= 0.6 is 0 Å². The van der Waals surface area contributed by atoms with Crippen LogP contribution in [0.2, 0.25) is 0 Å². The number of nitrogens with two attached hydrogens (primary N) is 1. The Balaban J connectivity index is 0.00000145. The van der Waals surface area contributed by atoms with E-state index < -0.39 is 28.9 Å². The van der Waals surface area contributed by atoms with E-state index in [1.807, 2.05) is 51.7 Å². The van der Waals surface area contributed by atoms with Crippen LogP contribution in [-0.2, 0) is 24.2 Å². The van der Waals surface area contributed by atoms with Crippen LogP contribution < -0.4 is 15.4 Å². The van der Waals surface area contributed by atoms with E-state index in [9.17, 15) is 26.3 Å². The lowest BCUT2D eigenvalue weighted by Crippen LogP contribution is -2.30. The lowest BCUT2D eigenvalue weighted by Gasteiger charge is -2.30. The Labute approximate surface area is 203 Å². The highest BCUT2D eigenvalue weighted by Gasteiger charge is 2.44. The van der Waals surface area contributed by atoms with Gasteiger partial charge in [0.25, 0.3) is 0 Å². The molecule has 1 aliphatic heterocycles. The molecule has 0 radical (unpaired) electrons. The van der Waals surface area contributed by atoms with Crippen molar-refractivity contribution in [2.45, 2.75) is 58.8 Å². The Hall–Kier alpha value is -2.68. The molecule has 0 bridgehead atoms. The van der Waals surface area contributed by atoms with E-state index in [2.05, 4.69) is 5.73 Å². The Morgan fingerprint density at radius 1 is 0.943 bits per heavy atom. The quantitative estimate of drug-likeness (QED) is 0.436. The molecule has 0 aromatic heterocycles. The fourth-order valence-electron chi connectivity index (χ4n) is 4.42. The number of nitrogens with zero attached hydrogens (tertiary/aromatic N) is 1. The molecule has 0 fully saturated rings. The second kappa shape index (κ2) is 11.8. The summed E-state index contributed by atoms with van der Waals surface area (Å²) in [5.41, 5.74) is 3.51. The number of rotatable bonds is 4. The van der Waals surface area contributed by atoms with Gasteiger partial charge in [-0.15, -0.1) is 0 Å². The van der Waals surface area contributed by atoms with Crippen LogP contribution in [-0.4, -0.2) is 20.7 Å². The molecule has 3 nitrogen and oxygen atoms in total. The Bertz CT molecular complexity index is 982. The molecule has 1 atom stereocenters. The van der Waals surface area contributed by atoms with Crippen LogP contribution in [0.15, 0.2) is 48.2 Å². The van der Waals surface area contributed by atoms with Gasteiger partial charge in [-0.25, -0.2) is 0 Å². The minimum Gasteiger partial charge on any atom is -0.497 e. The van der Waals surface area contributed by atoms with E-state index in [0.29, 0.717) is 12.3 Å². The summed E-state index contributed by atoms with van der Waals surface area (Å²) in [5.74, 6) is 0.568. The van der Waals surface area contributed by atoms with Crippen molar-refractivity contribution in [1.29, 1.82) is 0 Å². The maximum atomic E-state index is 13.3. The molecular weight excluding hydrogens is 470 g/mol. The molecule has 35 heavy (non-hydrogen) atoms. The van der Waals surface area contributed by atoms with Crippen LogP contribution in [0.4, 0.5) is 32.0 Å². The van der Waals surface area contributed by atoms with E-state index >= 15 is 0 Å². The largest absolute Gasteiger partial charge is 0.497 e. The van der Waals surface area contributed by atoms with Crippen molar-refractivity contribution in [2.24, 2.45) is 5.73 Å². The van der Waals surface area contributed by atoms with Crippen molar-refractivity contribution in [3.8, 4) is 5.75 Å². The SMILES string of the molecule is C/C=C1\N(CC)c2ccc(OC)cc2C1(C)Cc1cc(C(F)(F)F)cc(C(F)(F)F)c1.CC.CN. The Kier molecular flexibility index (Phi) is 10.3. The number of benzene rings is 2. The van der Waals surface area contributed by atoms with Crippen LogP contribution in [0, 0.1) is 0 Å². The van der Waals surface area contributed by atoms with Crippen molar-refractivity contribution in [1.82, 2.24) is 0 Å². The normalized spacial score (nSPS) is 18.3. The summed E-state index contributed by atoms with van der Waals surface area (Å²) in [6, 6.07) is 7.22. The summed E-state index contributed by atoms with van der Waals surface area (Å²) in [6.07, 6.45) is -7.94. The van der Waals surface area contributed by atoms with Gasteiger partial charge in [0.05, 0.1) is 18.2 Å². The predicted octanol–water partition coefficient (Wildman–Crippen LogP) is 7.58. The highest BCUT2D eigenvalue weighted by atomic mass is 19.4. The Morgan fingerprint density at radius 2 is 1.46 bits per heavy atom. The number of allylic oxidation sites excluding steroid dienone is 2. The maximum absolute atomic E-state index is 13.3. The zero-order chi connectivity index (χ0) is 27.2. The summed E-state index contributed by atoms with van der Waals surface area (Å²) in [6.45, 7) is 10.2. The van der Waals surface area contributed by atoms with E-state index in [4.69, 9.17) is 4.74 Å². The first kappa shape index (κ1) is 30.4. The molecule has 1 unspecified atom stereocenters. The molecule has 1 heterocycles. The summed E-state index contributed by atoms with van der Waals surface area (Å²) in [4.78, 5) is 2.02. The third-order valence-corrected chi connectivity index (χ3v) is 5.74. The van der Waals surface area contributed by atoms with Crippen molar-refractivity contribution in [3.63, 3.8) is 0 Å². The molecule has 2 aromatic rings. The van der Waals surface area contributed by atoms with Gasteiger partial charge < -0.3 is 15.4 Å². The number of hydrogen-bond acceptors (Lipinski definition) is 3. The average molecular weight is 505 g/mol. The molecule has 1 aliphatic rings. The van der Waals surface area contributed by atoms with Crippen LogP contribution in [0.1, 0.15) is 56.9 Å². The van der Waals surface area contributed by atoms with Crippen LogP contribution in [0.25, 0.3) is 0 Å². The lowest BCUT2D eigenvalue weighted by molar-refractivity contribution is -0.143. The minimum absolute atomic E-state index is 0.0314. The molecule has 0 saturated carbocycles. The second-order valence-electron chi connectivity index (χ2n) is 7.72. The number of anilines is 1. The number of ether oxygens (including phenoxy) is 1. The van der Waals surface area contributed by atoms with E-state index in [1.165, 1.54) is 14.2 Å². The monoisotopic (exact) mass is 504 g/mol. The third-order valence-electron chi connectivity index (χ3n) is 5.74. The molecule has 2 aromatic carbocycles. The molecule has 0 spiro atoms. The molecule has 9 heteroatoms. The number of likely N-dealkylation sites (N-methyl/N-ethyl adjacent to an activating group) is 1. The van der Waals surface area contributed by atoms with Crippen molar-refractivity contribution < 1.29 is 31.1 Å². The first-order valence-corrected chi connectivity index (χ1v) is 11.3. The first-order valence-electron chi connectivity index (χ1n) is 11.3.